The highest BCUT2D eigenvalue weighted by Crippen LogP contribution is 2.39. The van der Waals surface area contributed by atoms with Crippen LogP contribution >= 0.6 is 0 Å². The third kappa shape index (κ3) is 2.91. The molecule has 0 spiro atoms. The summed E-state index contributed by atoms with van der Waals surface area (Å²) in [6, 6.07) is 18.4. The van der Waals surface area contributed by atoms with Gasteiger partial charge in [-0.3, -0.25) is 9.69 Å². The zero-order chi connectivity index (χ0) is 17.5. The molecule has 2 aromatic rings. The van der Waals surface area contributed by atoms with E-state index in [9.17, 15) is 4.79 Å². The number of ketones is 1. The summed E-state index contributed by atoms with van der Waals surface area (Å²) in [5.74, 6) is 0.617. The summed E-state index contributed by atoms with van der Waals surface area (Å²) < 4.78 is 0. The molecule has 0 aromatic heterocycles. The Kier molecular flexibility index (Phi) is 4.17. The van der Waals surface area contributed by atoms with E-state index in [0.717, 1.165) is 31.4 Å². The van der Waals surface area contributed by atoms with E-state index in [1.54, 1.807) is 0 Å². The Morgan fingerprint density at radius 2 is 1.65 bits per heavy atom. The molecule has 3 aliphatic rings. The van der Waals surface area contributed by atoms with Crippen molar-refractivity contribution >= 4 is 5.78 Å². The maximum absolute atomic E-state index is 13.2. The minimum Gasteiger partial charge on any atom is -0.294 e. The molecule has 134 valence electrons. The van der Waals surface area contributed by atoms with Crippen LogP contribution in [0.5, 0.6) is 0 Å². The highest BCUT2D eigenvalue weighted by Gasteiger charge is 2.40. The molecule has 2 unspecified atom stereocenters. The lowest BCUT2D eigenvalue weighted by Crippen LogP contribution is -2.52. The van der Waals surface area contributed by atoms with Crippen molar-refractivity contribution in [1.29, 1.82) is 0 Å². The van der Waals surface area contributed by atoms with Crippen LogP contribution in [-0.4, -0.2) is 22.8 Å². The first-order chi connectivity index (χ1) is 12.8. The molecule has 26 heavy (non-hydrogen) atoms. The van der Waals surface area contributed by atoms with Crippen molar-refractivity contribution in [2.75, 3.05) is 0 Å². The standard InChI is InChI=1S/C24H27NO/c26-24(20-12-10-18-9-11-19(18)13-20)21-14-22-7-4-8-23(15-21)25(22)16-17-5-2-1-3-6-17/h1-3,5-6,10,12-13,21-23H,4,7-9,11,14-16H2. The number of carbonyl (C=O) groups excluding carboxylic acids is 1. The number of nitrogens with zero attached hydrogens (tertiary/aromatic N) is 1. The summed E-state index contributed by atoms with van der Waals surface area (Å²) in [4.78, 5) is 15.9. The summed E-state index contributed by atoms with van der Waals surface area (Å²) >= 11 is 0. The summed E-state index contributed by atoms with van der Waals surface area (Å²) in [6.45, 7) is 1.04. The van der Waals surface area contributed by atoms with E-state index in [0.29, 0.717) is 17.9 Å². The molecule has 1 aliphatic carbocycles. The van der Waals surface area contributed by atoms with Crippen molar-refractivity contribution < 1.29 is 4.79 Å². The number of fused-ring (bicyclic) bond motifs is 3. The van der Waals surface area contributed by atoms with E-state index in [2.05, 4.69) is 53.4 Å². The normalized spacial score (nSPS) is 27.5. The highest BCUT2D eigenvalue weighted by molar-refractivity contribution is 5.98. The van der Waals surface area contributed by atoms with E-state index in [1.807, 2.05) is 0 Å². The van der Waals surface area contributed by atoms with Crippen molar-refractivity contribution in [3.8, 4) is 0 Å². The smallest absolute Gasteiger partial charge is 0.166 e. The van der Waals surface area contributed by atoms with Crippen LogP contribution in [0.25, 0.3) is 0 Å². The van der Waals surface area contributed by atoms with Crippen LogP contribution in [0.1, 0.15) is 59.2 Å². The first kappa shape index (κ1) is 16.3. The Labute approximate surface area is 156 Å². The molecule has 2 heteroatoms. The van der Waals surface area contributed by atoms with Gasteiger partial charge >= 0.3 is 0 Å². The number of benzene rings is 2. The lowest BCUT2D eigenvalue weighted by molar-refractivity contribution is 0.00906. The van der Waals surface area contributed by atoms with Crippen LogP contribution in [0.2, 0.25) is 0 Å². The van der Waals surface area contributed by atoms with Crippen molar-refractivity contribution in [1.82, 2.24) is 4.90 Å². The van der Waals surface area contributed by atoms with Gasteiger partial charge in [-0.05, 0) is 61.3 Å². The van der Waals surface area contributed by atoms with Gasteiger partial charge in [0.2, 0.25) is 0 Å². The number of carbonyl (C=O) groups is 1. The van der Waals surface area contributed by atoms with Crippen LogP contribution < -0.4 is 0 Å². The van der Waals surface area contributed by atoms with Gasteiger partial charge in [-0.2, -0.15) is 0 Å². The Morgan fingerprint density at radius 3 is 2.31 bits per heavy atom. The average Bonchev–Trinajstić information content (AvgIpc) is 2.63. The molecule has 0 N–H and O–H groups in total. The zero-order valence-electron chi connectivity index (χ0n) is 15.4. The lowest BCUT2D eigenvalue weighted by atomic mass is 9.75. The van der Waals surface area contributed by atoms with E-state index >= 15 is 0 Å². The largest absolute Gasteiger partial charge is 0.294 e. The Bertz CT molecular complexity index is 798. The van der Waals surface area contributed by atoms with Gasteiger partial charge in [0.1, 0.15) is 0 Å². The van der Waals surface area contributed by atoms with Crippen LogP contribution in [-0.2, 0) is 19.4 Å². The summed E-state index contributed by atoms with van der Waals surface area (Å²) in [5, 5.41) is 0. The molecular formula is C24H27NO. The third-order valence-corrected chi connectivity index (χ3v) is 6.86. The maximum Gasteiger partial charge on any atom is 0.166 e. The van der Waals surface area contributed by atoms with Gasteiger partial charge in [0.15, 0.2) is 5.78 Å². The molecule has 2 aliphatic heterocycles. The monoisotopic (exact) mass is 345 g/mol. The van der Waals surface area contributed by atoms with Gasteiger partial charge in [-0.15, -0.1) is 0 Å². The second-order valence-corrected chi connectivity index (χ2v) is 8.41. The Hall–Kier alpha value is -1.93. The predicted molar refractivity (Wildman–Crippen MR) is 104 cm³/mol. The number of aryl methyl sites for hydroxylation is 2. The molecule has 2 bridgehead atoms. The average molecular weight is 345 g/mol. The van der Waals surface area contributed by atoms with E-state index in [4.69, 9.17) is 0 Å². The molecule has 2 aromatic carbocycles. The molecular weight excluding hydrogens is 318 g/mol. The summed E-state index contributed by atoms with van der Waals surface area (Å²) in [6.07, 6.45) is 8.23. The molecule has 2 saturated heterocycles. The van der Waals surface area contributed by atoms with Gasteiger partial charge in [0.05, 0.1) is 0 Å². The molecule has 5 rings (SSSR count). The number of hydrogen-bond donors (Lipinski definition) is 0. The molecule has 2 atom stereocenters. The maximum atomic E-state index is 13.2. The second-order valence-electron chi connectivity index (χ2n) is 8.41. The van der Waals surface area contributed by atoms with Crippen molar-refractivity contribution in [2.24, 2.45) is 5.92 Å². The molecule has 0 saturated carbocycles. The van der Waals surface area contributed by atoms with E-state index in [1.165, 1.54) is 42.4 Å². The van der Waals surface area contributed by atoms with Gasteiger partial charge in [0.25, 0.3) is 0 Å². The van der Waals surface area contributed by atoms with Crippen molar-refractivity contribution in [3.63, 3.8) is 0 Å². The van der Waals surface area contributed by atoms with Crippen LogP contribution in [0, 0.1) is 5.92 Å². The number of piperidine rings is 2. The van der Waals surface area contributed by atoms with Crippen LogP contribution in [0.15, 0.2) is 48.5 Å². The van der Waals surface area contributed by atoms with Gasteiger partial charge in [-0.1, -0.05) is 48.9 Å². The first-order valence-electron chi connectivity index (χ1n) is 10.2. The zero-order valence-corrected chi connectivity index (χ0v) is 15.4. The van der Waals surface area contributed by atoms with Crippen molar-refractivity contribution in [2.45, 2.75) is 63.6 Å². The fourth-order valence-electron chi connectivity index (χ4n) is 5.33. The minimum absolute atomic E-state index is 0.218. The topological polar surface area (TPSA) is 20.3 Å². The fourth-order valence-corrected chi connectivity index (χ4v) is 5.33. The predicted octanol–water partition coefficient (Wildman–Crippen LogP) is 4.80. The SMILES string of the molecule is O=C(c1ccc2c(c1)CC2)C1CC2CCCC(C1)N2Cc1ccccc1. The van der Waals surface area contributed by atoms with Crippen LogP contribution in [0.4, 0.5) is 0 Å². The summed E-state index contributed by atoms with van der Waals surface area (Å²) in [7, 11) is 0. The van der Waals surface area contributed by atoms with Gasteiger partial charge in [-0.25, -0.2) is 0 Å². The molecule has 0 radical (unpaired) electrons. The third-order valence-electron chi connectivity index (χ3n) is 6.86. The Morgan fingerprint density at radius 1 is 0.923 bits per heavy atom. The minimum atomic E-state index is 0.218. The fraction of sp³-hybridized carbons (Fsp3) is 0.458. The molecule has 0 amide bonds. The van der Waals surface area contributed by atoms with Gasteiger partial charge in [0, 0.05) is 30.1 Å². The van der Waals surface area contributed by atoms with Gasteiger partial charge < -0.3 is 0 Å². The van der Waals surface area contributed by atoms with E-state index < -0.39 is 0 Å². The Balaban J connectivity index is 1.33. The van der Waals surface area contributed by atoms with Crippen molar-refractivity contribution in [3.05, 3.63) is 70.8 Å². The molecule has 2 nitrogen and oxygen atoms in total. The first-order valence-corrected chi connectivity index (χ1v) is 10.2. The highest BCUT2D eigenvalue weighted by atomic mass is 16.1. The number of rotatable bonds is 4. The molecule has 2 fully saturated rings. The van der Waals surface area contributed by atoms with Crippen LogP contribution in [0.3, 0.4) is 0 Å². The number of hydrogen-bond acceptors (Lipinski definition) is 2. The number of Topliss-reactive ketones (excluding diaryl/α,β-unsaturated/α-hetero) is 1. The quantitative estimate of drug-likeness (QED) is 0.742. The summed E-state index contributed by atoms with van der Waals surface area (Å²) in [5.41, 5.74) is 5.20. The second kappa shape index (κ2) is 6.66. The molecule has 2 heterocycles. The lowest BCUT2D eigenvalue weighted by Gasteiger charge is -2.48. The van der Waals surface area contributed by atoms with E-state index in [-0.39, 0.29) is 5.92 Å².